The van der Waals surface area contributed by atoms with Crippen molar-refractivity contribution in [3.63, 3.8) is 0 Å². The van der Waals surface area contributed by atoms with Gasteiger partial charge in [0.15, 0.2) is 0 Å². The monoisotopic (exact) mass is 374 g/mol. The number of aromatic hydroxyl groups is 1. The van der Waals surface area contributed by atoms with Crippen molar-refractivity contribution in [1.82, 2.24) is 0 Å². The molecule has 0 amide bonds. The third-order valence-electron chi connectivity index (χ3n) is 4.56. The van der Waals surface area contributed by atoms with Crippen LogP contribution in [0.25, 0.3) is 0 Å². The number of halogens is 1. The average Bonchev–Trinajstić information content (AvgIpc) is 2.34. The molecule has 0 saturated heterocycles. The average molecular weight is 375 g/mol. The van der Waals surface area contributed by atoms with E-state index in [-0.39, 0.29) is 5.60 Å². The van der Waals surface area contributed by atoms with Crippen molar-refractivity contribution >= 4 is 20.8 Å². The van der Waals surface area contributed by atoms with E-state index < -0.39 is 5.31 Å². The van der Waals surface area contributed by atoms with Crippen molar-refractivity contribution in [1.29, 1.82) is 0 Å². The molecule has 0 radical (unpaired) electrons. The molecule has 0 fully saturated rings. The second-order valence-electron chi connectivity index (χ2n) is 8.08. The van der Waals surface area contributed by atoms with Gasteiger partial charge in [-0.15, -0.1) is 0 Å². The molecule has 1 aromatic rings. The van der Waals surface area contributed by atoms with Crippen LogP contribution in [0.4, 0.5) is 0 Å². The van der Waals surface area contributed by atoms with E-state index in [0.29, 0.717) is 5.75 Å². The van der Waals surface area contributed by atoms with Crippen molar-refractivity contribution in [2.45, 2.75) is 45.6 Å². The van der Waals surface area contributed by atoms with E-state index in [2.05, 4.69) is 42.4 Å². The first kappa shape index (κ1) is 17.1. The van der Waals surface area contributed by atoms with Crippen molar-refractivity contribution in [3.8, 4) is 11.5 Å². The van der Waals surface area contributed by atoms with Gasteiger partial charge in [0.2, 0.25) is 0 Å². The zero-order chi connectivity index (χ0) is 16.1. The number of ether oxygens (including phenoxy) is 1. The molecular formula is C17H28BrO2P. The number of phenolic OH excluding ortho intramolecular Hbond substituents is 1. The molecule has 1 N–H and O–H groups in total. The molecule has 0 spiro atoms. The molecule has 4 heteroatoms. The fourth-order valence-corrected chi connectivity index (χ4v) is 4.52. The van der Waals surface area contributed by atoms with Gasteiger partial charge in [-0.2, -0.15) is 0 Å². The molecule has 1 heterocycles. The van der Waals surface area contributed by atoms with Crippen molar-refractivity contribution in [3.05, 3.63) is 22.8 Å². The molecule has 21 heavy (non-hydrogen) atoms. The molecule has 1 aliphatic heterocycles. The van der Waals surface area contributed by atoms with Crippen LogP contribution in [0.3, 0.4) is 0 Å². The minimum atomic E-state index is -1.68. The van der Waals surface area contributed by atoms with Gasteiger partial charge in [-0.3, -0.25) is 0 Å². The van der Waals surface area contributed by atoms with E-state index in [1.165, 1.54) is 6.16 Å². The number of rotatable bonds is 3. The van der Waals surface area contributed by atoms with Crippen LogP contribution in [0.15, 0.2) is 6.07 Å². The van der Waals surface area contributed by atoms with Crippen molar-refractivity contribution < 1.29 is 9.84 Å². The predicted molar refractivity (Wildman–Crippen MR) is 98.0 cm³/mol. The van der Waals surface area contributed by atoms with E-state index in [4.69, 9.17) is 4.74 Å². The molecule has 0 saturated carbocycles. The summed E-state index contributed by atoms with van der Waals surface area (Å²) in [4.78, 5) is 0. The Kier molecular flexibility index (Phi) is 4.18. The Bertz CT molecular complexity index is 565. The Hall–Kier alpha value is -0.270. The Balaban J connectivity index is 2.24. The number of fused-ring (bicyclic) bond motifs is 1. The molecule has 1 atom stereocenters. The van der Waals surface area contributed by atoms with Gasteiger partial charge in [-0.25, -0.2) is 0 Å². The van der Waals surface area contributed by atoms with Crippen LogP contribution in [-0.4, -0.2) is 36.9 Å². The van der Waals surface area contributed by atoms with E-state index in [1.807, 2.05) is 19.9 Å². The van der Waals surface area contributed by atoms with Gasteiger partial charge in [0, 0.05) is 0 Å². The minimum absolute atomic E-state index is 0.0971. The molecule has 0 bridgehead atoms. The number of hydrogen-bond acceptors (Lipinski definition) is 2. The maximum absolute atomic E-state index is 9.97. The fourth-order valence-electron chi connectivity index (χ4n) is 2.76. The van der Waals surface area contributed by atoms with Crippen LogP contribution in [0, 0.1) is 13.8 Å². The third-order valence-corrected chi connectivity index (χ3v) is 7.36. The molecular weight excluding hydrogens is 347 g/mol. The summed E-state index contributed by atoms with van der Waals surface area (Å²) in [5.74, 6) is 1.39. The van der Waals surface area contributed by atoms with Crippen LogP contribution in [0.1, 0.15) is 36.5 Å². The van der Waals surface area contributed by atoms with E-state index in [0.717, 1.165) is 41.7 Å². The van der Waals surface area contributed by atoms with Gasteiger partial charge >= 0.3 is 137 Å². The van der Waals surface area contributed by atoms with Gasteiger partial charge in [0.25, 0.3) is 0 Å². The summed E-state index contributed by atoms with van der Waals surface area (Å²) in [6.45, 7) is 13.3. The molecule has 1 aromatic carbocycles. The molecule has 1 unspecified atom stereocenters. The van der Waals surface area contributed by atoms with Gasteiger partial charge in [-0.05, 0) is 0 Å². The van der Waals surface area contributed by atoms with Crippen LogP contribution < -0.4 is 4.74 Å². The fraction of sp³-hybridized carbons (Fsp3) is 0.647. The number of aryl methyl sites for hydroxylation is 1. The zero-order valence-electron chi connectivity index (χ0n) is 14.1. The van der Waals surface area contributed by atoms with Crippen LogP contribution in [0.5, 0.6) is 11.5 Å². The predicted octanol–water partition coefficient (Wildman–Crippen LogP) is 5.24. The topological polar surface area (TPSA) is 29.5 Å². The molecule has 2 rings (SSSR count). The number of hydrogen-bond donors (Lipinski definition) is 1. The van der Waals surface area contributed by atoms with Crippen LogP contribution in [0.2, 0.25) is 0 Å². The Morgan fingerprint density at radius 2 is 1.90 bits per heavy atom. The molecule has 2 nitrogen and oxygen atoms in total. The number of phenols is 1. The summed E-state index contributed by atoms with van der Waals surface area (Å²) in [6.07, 6.45) is 4.24. The van der Waals surface area contributed by atoms with Crippen molar-refractivity contribution in [2.75, 3.05) is 26.2 Å². The summed E-state index contributed by atoms with van der Waals surface area (Å²) in [6, 6.07) is 1.88. The number of benzene rings is 1. The second-order valence-corrected chi connectivity index (χ2v) is 22.2. The Morgan fingerprint density at radius 3 is 2.48 bits per heavy atom. The normalized spacial score (nSPS) is 23.9. The molecule has 1 aliphatic rings. The van der Waals surface area contributed by atoms with E-state index in [1.54, 1.807) is 0 Å². The summed E-state index contributed by atoms with van der Waals surface area (Å²) in [5, 5.41) is 8.29. The maximum atomic E-state index is 9.97. The van der Waals surface area contributed by atoms with Crippen LogP contribution >= 0.6 is 20.8 Å². The Morgan fingerprint density at radius 1 is 1.29 bits per heavy atom. The Labute approximate surface area is 136 Å². The molecule has 0 aromatic heterocycles. The summed E-state index contributed by atoms with van der Waals surface area (Å²) >= 11 is 3.94. The third kappa shape index (κ3) is 4.13. The first-order chi connectivity index (χ1) is 9.36. The SMILES string of the molecule is Cc1c(O)cc2c(c1C)OC(C)(CCP(C)(C)(C)Br)CC2. The first-order valence-corrected chi connectivity index (χ1v) is 13.4. The second kappa shape index (κ2) is 5.13. The van der Waals surface area contributed by atoms with Crippen LogP contribution in [-0.2, 0) is 6.42 Å². The summed E-state index contributed by atoms with van der Waals surface area (Å²) in [5.41, 5.74) is 3.06. The molecule has 120 valence electrons. The summed E-state index contributed by atoms with van der Waals surface area (Å²) < 4.78 is 6.42. The summed E-state index contributed by atoms with van der Waals surface area (Å²) in [7, 11) is 0. The first-order valence-electron chi connectivity index (χ1n) is 7.60. The van der Waals surface area contributed by atoms with Gasteiger partial charge < -0.3 is 0 Å². The molecule has 0 aliphatic carbocycles. The van der Waals surface area contributed by atoms with Gasteiger partial charge in [0.1, 0.15) is 0 Å². The standard InChI is InChI=1S/C17H28BrO2P/c1-12-13(2)16-14(11-15(12)19)7-8-17(3,20-16)9-10-21(4,5,6)18/h11,19H,7-10H2,1-6H3. The van der Waals surface area contributed by atoms with E-state index >= 15 is 0 Å². The van der Waals surface area contributed by atoms with Crippen molar-refractivity contribution in [2.24, 2.45) is 0 Å². The van der Waals surface area contributed by atoms with E-state index in [9.17, 15) is 5.11 Å². The van der Waals surface area contributed by atoms with Gasteiger partial charge in [-0.1, -0.05) is 0 Å². The van der Waals surface area contributed by atoms with Gasteiger partial charge in [0.05, 0.1) is 0 Å². The quantitative estimate of drug-likeness (QED) is 0.733. The zero-order valence-corrected chi connectivity index (χ0v) is 16.6.